The summed E-state index contributed by atoms with van der Waals surface area (Å²) in [4.78, 5) is 11.8. The largest absolute Gasteiger partial charge is 0.465 e. The number of nitrogens with two attached hydrogens (primary N) is 1. The predicted octanol–water partition coefficient (Wildman–Crippen LogP) is 2.48. The Kier molecular flexibility index (Phi) is 5.26. The van der Waals surface area contributed by atoms with Crippen molar-refractivity contribution in [1.82, 2.24) is 0 Å². The van der Waals surface area contributed by atoms with Crippen LogP contribution in [-0.2, 0) is 9.53 Å². The van der Waals surface area contributed by atoms with E-state index in [1.54, 1.807) is 0 Å². The van der Waals surface area contributed by atoms with Gasteiger partial charge in [-0.05, 0) is 25.2 Å². The third-order valence-electron chi connectivity index (χ3n) is 3.67. The molecule has 1 aliphatic carbocycles. The summed E-state index contributed by atoms with van der Waals surface area (Å²) in [6.45, 7) is 5.37. The summed E-state index contributed by atoms with van der Waals surface area (Å²) < 4.78 is 5.39. The SMILES string of the molecule is CCCCC(CC)COC(=O)C1(CN)CC1. The van der Waals surface area contributed by atoms with Gasteiger partial charge in [0.2, 0.25) is 0 Å². The Balaban J connectivity index is 2.24. The number of carbonyl (C=O) groups is 1. The molecule has 0 aromatic carbocycles. The number of hydrogen-bond donors (Lipinski definition) is 1. The lowest BCUT2D eigenvalue weighted by molar-refractivity contribution is -0.151. The fourth-order valence-electron chi connectivity index (χ4n) is 1.89. The summed E-state index contributed by atoms with van der Waals surface area (Å²) in [5.74, 6) is 0.461. The minimum Gasteiger partial charge on any atom is -0.465 e. The van der Waals surface area contributed by atoms with Gasteiger partial charge in [-0.1, -0.05) is 33.1 Å². The molecule has 0 bridgehead atoms. The van der Waals surface area contributed by atoms with Gasteiger partial charge in [-0.3, -0.25) is 4.79 Å². The van der Waals surface area contributed by atoms with E-state index >= 15 is 0 Å². The lowest BCUT2D eigenvalue weighted by atomic mass is 10.0. The van der Waals surface area contributed by atoms with Gasteiger partial charge in [0, 0.05) is 6.54 Å². The van der Waals surface area contributed by atoms with Gasteiger partial charge in [0.25, 0.3) is 0 Å². The highest BCUT2D eigenvalue weighted by atomic mass is 16.5. The Morgan fingerprint density at radius 2 is 2.12 bits per heavy atom. The highest BCUT2D eigenvalue weighted by molar-refractivity contribution is 5.80. The summed E-state index contributed by atoms with van der Waals surface area (Å²) in [7, 11) is 0. The molecule has 1 fully saturated rings. The first-order valence-corrected chi connectivity index (χ1v) is 6.55. The molecular formula is C13H25NO2. The Morgan fingerprint density at radius 1 is 1.44 bits per heavy atom. The van der Waals surface area contributed by atoms with Crippen molar-refractivity contribution in [3.63, 3.8) is 0 Å². The minimum atomic E-state index is -0.303. The van der Waals surface area contributed by atoms with Gasteiger partial charge in [0.1, 0.15) is 0 Å². The summed E-state index contributed by atoms with van der Waals surface area (Å²) in [6.07, 6.45) is 6.50. The number of carbonyl (C=O) groups excluding carboxylic acids is 1. The topological polar surface area (TPSA) is 52.3 Å². The Morgan fingerprint density at radius 3 is 2.56 bits per heavy atom. The third-order valence-corrected chi connectivity index (χ3v) is 3.67. The maximum absolute atomic E-state index is 11.8. The van der Waals surface area contributed by atoms with Crippen LogP contribution in [-0.4, -0.2) is 19.1 Å². The molecule has 1 rings (SSSR count). The van der Waals surface area contributed by atoms with Gasteiger partial charge >= 0.3 is 5.97 Å². The highest BCUT2D eigenvalue weighted by Crippen LogP contribution is 2.45. The van der Waals surface area contributed by atoms with Gasteiger partial charge in [-0.2, -0.15) is 0 Å². The lowest BCUT2D eigenvalue weighted by Gasteiger charge is -2.17. The Labute approximate surface area is 98.7 Å². The molecule has 0 aromatic heterocycles. The molecule has 0 heterocycles. The van der Waals surface area contributed by atoms with Crippen LogP contribution in [0.3, 0.4) is 0 Å². The number of hydrogen-bond acceptors (Lipinski definition) is 3. The minimum absolute atomic E-state index is 0.0649. The van der Waals surface area contributed by atoms with Crippen LogP contribution < -0.4 is 5.73 Å². The molecule has 1 atom stereocenters. The van der Waals surface area contributed by atoms with E-state index in [1.807, 2.05) is 0 Å². The van der Waals surface area contributed by atoms with Gasteiger partial charge in [0.15, 0.2) is 0 Å². The molecular weight excluding hydrogens is 202 g/mol. The molecule has 0 saturated heterocycles. The zero-order chi connectivity index (χ0) is 12.0. The normalized spacial score (nSPS) is 19.2. The second kappa shape index (κ2) is 6.24. The first-order chi connectivity index (χ1) is 7.68. The second-order valence-corrected chi connectivity index (χ2v) is 5.00. The molecule has 0 aliphatic heterocycles. The van der Waals surface area contributed by atoms with Crippen LogP contribution in [0.4, 0.5) is 0 Å². The first-order valence-electron chi connectivity index (χ1n) is 6.55. The maximum atomic E-state index is 11.8. The van der Waals surface area contributed by atoms with E-state index in [0.29, 0.717) is 19.1 Å². The summed E-state index contributed by atoms with van der Waals surface area (Å²) in [5, 5.41) is 0. The quantitative estimate of drug-likeness (QED) is 0.648. The third kappa shape index (κ3) is 3.48. The van der Waals surface area contributed by atoms with Crippen molar-refractivity contribution in [2.45, 2.75) is 52.4 Å². The number of ether oxygens (including phenoxy) is 1. The highest BCUT2D eigenvalue weighted by Gasteiger charge is 2.50. The Bertz CT molecular complexity index is 224. The zero-order valence-electron chi connectivity index (χ0n) is 10.6. The van der Waals surface area contributed by atoms with Crippen LogP contribution in [0.2, 0.25) is 0 Å². The van der Waals surface area contributed by atoms with Crippen molar-refractivity contribution in [1.29, 1.82) is 0 Å². The summed E-state index contributed by atoms with van der Waals surface area (Å²) in [6, 6.07) is 0. The average molecular weight is 227 g/mol. The van der Waals surface area contributed by atoms with Crippen molar-refractivity contribution in [2.24, 2.45) is 17.1 Å². The smallest absolute Gasteiger partial charge is 0.313 e. The Hall–Kier alpha value is -0.570. The molecule has 0 amide bonds. The summed E-state index contributed by atoms with van der Waals surface area (Å²) >= 11 is 0. The second-order valence-electron chi connectivity index (χ2n) is 5.00. The molecule has 1 saturated carbocycles. The molecule has 1 unspecified atom stereocenters. The van der Waals surface area contributed by atoms with E-state index in [0.717, 1.165) is 25.7 Å². The van der Waals surface area contributed by atoms with E-state index in [2.05, 4.69) is 13.8 Å². The van der Waals surface area contributed by atoms with E-state index in [1.165, 1.54) is 12.8 Å². The van der Waals surface area contributed by atoms with E-state index in [9.17, 15) is 4.79 Å². The molecule has 94 valence electrons. The molecule has 0 radical (unpaired) electrons. The monoisotopic (exact) mass is 227 g/mol. The summed E-state index contributed by atoms with van der Waals surface area (Å²) in [5.41, 5.74) is 5.29. The van der Waals surface area contributed by atoms with Crippen molar-refractivity contribution in [3.05, 3.63) is 0 Å². The van der Waals surface area contributed by atoms with Crippen LogP contribution >= 0.6 is 0 Å². The van der Waals surface area contributed by atoms with Crippen molar-refractivity contribution in [2.75, 3.05) is 13.2 Å². The average Bonchev–Trinajstić information content (AvgIpc) is 3.10. The van der Waals surface area contributed by atoms with Crippen LogP contribution in [0, 0.1) is 11.3 Å². The van der Waals surface area contributed by atoms with E-state index in [-0.39, 0.29) is 11.4 Å². The molecule has 0 aromatic rings. The van der Waals surface area contributed by atoms with Crippen LogP contribution in [0.25, 0.3) is 0 Å². The van der Waals surface area contributed by atoms with Crippen LogP contribution in [0.1, 0.15) is 52.4 Å². The van der Waals surface area contributed by atoms with Gasteiger partial charge < -0.3 is 10.5 Å². The fourth-order valence-corrected chi connectivity index (χ4v) is 1.89. The molecule has 1 aliphatic rings. The van der Waals surface area contributed by atoms with Crippen LogP contribution in [0.5, 0.6) is 0 Å². The van der Waals surface area contributed by atoms with Gasteiger partial charge in [0.05, 0.1) is 12.0 Å². The van der Waals surface area contributed by atoms with E-state index in [4.69, 9.17) is 10.5 Å². The van der Waals surface area contributed by atoms with Crippen molar-refractivity contribution >= 4 is 5.97 Å². The molecule has 0 spiro atoms. The zero-order valence-corrected chi connectivity index (χ0v) is 10.6. The molecule has 3 nitrogen and oxygen atoms in total. The van der Waals surface area contributed by atoms with Crippen molar-refractivity contribution < 1.29 is 9.53 Å². The van der Waals surface area contributed by atoms with E-state index < -0.39 is 0 Å². The fraction of sp³-hybridized carbons (Fsp3) is 0.923. The molecule has 3 heteroatoms. The lowest BCUT2D eigenvalue weighted by Crippen LogP contribution is -2.28. The molecule has 2 N–H and O–H groups in total. The molecule has 16 heavy (non-hydrogen) atoms. The van der Waals surface area contributed by atoms with Gasteiger partial charge in [-0.25, -0.2) is 0 Å². The number of esters is 1. The first kappa shape index (κ1) is 13.5. The maximum Gasteiger partial charge on any atom is 0.313 e. The number of unbranched alkanes of at least 4 members (excludes halogenated alkanes) is 1. The van der Waals surface area contributed by atoms with Crippen molar-refractivity contribution in [3.8, 4) is 0 Å². The van der Waals surface area contributed by atoms with Crippen LogP contribution in [0.15, 0.2) is 0 Å². The predicted molar refractivity (Wildman–Crippen MR) is 65.0 cm³/mol. The standard InChI is InChI=1S/C13H25NO2/c1-3-5-6-11(4-2)9-16-12(15)13(10-14)7-8-13/h11H,3-10,14H2,1-2H3. The van der Waals surface area contributed by atoms with Gasteiger partial charge in [-0.15, -0.1) is 0 Å². The number of rotatable bonds is 8.